The SMILES string of the molecule is CCCCCCCC/C=C\CCCCCCCCN1C(=O)C(O)C(O)C1=O. The highest BCUT2D eigenvalue weighted by Gasteiger charge is 2.45. The van der Waals surface area contributed by atoms with Gasteiger partial charge >= 0.3 is 0 Å². The number of imide groups is 1. The molecular formula is C22H39NO4. The van der Waals surface area contributed by atoms with Crippen LogP contribution in [0, 0.1) is 0 Å². The Labute approximate surface area is 164 Å². The number of carbonyl (C=O) groups excluding carboxylic acids is 2. The summed E-state index contributed by atoms with van der Waals surface area (Å²) >= 11 is 0. The molecule has 1 saturated heterocycles. The first-order chi connectivity index (χ1) is 13.1. The third-order valence-corrected chi connectivity index (χ3v) is 5.23. The molecule has 0 aromatic carbocycles. The number of hydrogen-bond acceptors (Lipinski definition) is 4. The molecule has 1 rings (SSSR count). The van der Waals surface area contributed by atoms with E-state index in [0.29, 0.717) is 6.54 Å². The summed E-state index contributed by atoms with van der Waals surface area (Å²) in [7, 11) is 0. The normalized spacial score (nSPS) is 20.3. The highest BCUT2D eigenvalue weighted by Crippen LogP contribution is 2.16. The number of nitrogens with zero attached hydrogens (tertiary/aromatic N) is 1. The molecule has 0 aliphatic carbocycles. The van der Waals surface area contributed by atoms with Crippen LogP contribution in [0.2, 0.25) is 0 Å². The van der Waals surface area contributed by atoms with E-state index in [2.05, 4.69) is 19.1 Å². The Bertz CT molecular complexity index is 430. The predicted octanol–water partition coefficient (Wildman–Crippen LogP) is 4.11. The van der Waals surface area contributed by atoms with E-state index in [1.54, 1.807) is 0 Å². The fraction of sp³-hybridized carbons (Fsp3) is 0.818. The Balaban J connectivity index is 1.87. The van der Waals surface area contributed by atoms with E-state index in [1.165, 1.54) is 64.2 Å². The van der Waals surface area contributed by atoms with Crippen LogP contribution in [-0.2, 0) is 9.59 Å². The maximum atomic E-state index is 11.6. The van der Waals surface area contributed by atoms with E-state index in [1.807, 2.05) is 0 Å². The number of allylic oxidation sites excluding steroid dienone is 2. The van der Waals surface area contributed by atoms with Gasteiger partial charge in [0, 0.05) is 6.54 Å². The first-order valence-corrected chi connectivity index (χ1v) is 11.0. The van der Waals surface area contributed by atoms with Crippen molar-refractivity contribution in [1.29, 1.82) is 0 Å². The topological polar surface area (TPSA) is 77.8 Å². The van der Waals surface area contributed by atoms with Crippen LogP contribution in [0.5, 0.6) is 0 Å². The highest BCUT2D eigenvalue weighted by molar-refractivity contribution is 6.07. The fourth-order valence-electron chi connectivity index (χ4n) is 3.44. The lowest BCUT2D eigenvalue weighted by atomic mass is 10.1. The van der Waals surface area contributed by atoms with E-state index in [4.69, 9.17) is 0 Å². The second-order valence-electron chi connectivity index (χ2n) is 7.66. The minimum absolute atomic E-state index is 0.299. The Morgan fingerprint density at radius 1 is 0.704 bits per heavy atom. The Morgan fingerprint density at radius 2 is 1.11 bits per heavy atom. The number of likely N-dealkylation sites (tertiary alicyclic amines) is 1. The van der Waals surface area contributed by atoms with Crippen LogP contribution in [-0.4, -0.2) is 45.7 Å². The zero-order valence-corrected chi connectivity index (χ0v) is 17.1. The molecule has 2 unspecified atom stereocenters. The molecule has 2 N–H and O–H groups in total. The van der Waals surface area contributed by atoms with Crippen molar-refractivity contribution in [1.82, 2.24) is 4.90 Å². The van der Waals surface area contributed by atoms with Crippen LogP contribution in [0.4, 0.5) is 0 Å². The Hall–Kier alpha value is -1.20. The lowest BCUT2D eigenvalue weighted by molar-refractivity contribution is -0.141. The number of aliphatic hydroxyl groups is 2. The fourth-order valence-corrected chi connectivity index (χ4v) is 3.44. The molecule has 5 nitrogen and oxygen atoms in total. The molecule has 0 radical (unpaired) electrons. The van der Waals surface area contributed by atoms with Crippen molar-refractivity contribution in [2.75, 3.05) is 6.54 Å². The van der Waals surface area contributed by atoms with Gasteiger partial charge in [0.2, 0.25) is 0 Å². The Kier molecular flexibility index (Phi) is 13.1. The lowest BCUT2D eigenvalue weighted by Gasteiger charge is -2.13. The number of aliphatic hydroxyl groups excluding tert-OH is 2. The number of unbranched alkanes of at least 4 members (excludes halogenated alkanes) is 12. The second kappa shape index (κ2) is 14.8. The second-order valence-corrected chi connectivity index (χ2v) is 7.66. The van der Waals surface area contributed by atoms with Gasteiger partial charge in [-0.3, -0.25) is 14.5 Å². The number of amides is 2. The Morgan fingerprint density at radius 3 is 1.59 bits per heavy atom. The van der Waals surface area contributed by atoms with Crippen LogP contribution in [0.3, 0.4) is 0 Å². The molecule has 1 aliphatic heterocycles. The van der Waals surface area contributed by atoms with Gasteiger partial charge in [0.1, 0.15) is 0 Å². The molecule has 1 heterocycles. The minimum Gasteiger partial charge on any atom is -0.380 e. The minimum atomic E-state index is -1.58. The van der Waals surface area contributed by atoms with Gasteiger partial charge in [-0.05, 0) is 32.1 Å². The monoisotopic (exact) mass is 381 g/mol. The molecule has 0 aromatic heterocycles. The number of carbonyl (C=O) groups is 2. The van der Waals surface area contributed by atoms with Gasteiger partial charge in [-0.2, -0.15) is 0 Å². The van der Waals surface area contributed by atoms with E-state index in [0.717, 1.165) is 30.6 Å². The molecule has 2 atom stereocenters. The summed E-state index contributed by atoms with van der Waals surface area (Å²) in [5.74, 6) is -1.33. The lowest BCUT2D eigenvalue weighted by Crippen LogP contribution is -2.33. The van der Waals surface area contributed by atoms with Crippen LogP contribution in [0.15, 0.2) is 12.2 Å². The number of rotatable bonds is 16. The van der Waals surface area contributed by atoms with Gasteiger partial charge in [-0.15, -0.1) is 0 Å². The van der Waals surface area contributed by atoms with Crippen molar-refractivity contribution in [3.05, 3.63) is 12.2 Å². The van der Waals surface area contributed by atoms with E-state index < -0.39 is 24.0 Å². The molecule has 2 amide bonds. The third-order valence-electron chi connectivity index (χ3n) is 5.23. The molecule has 1 fully saturated rings. The van der Waals surface area contributed by atoms with Crippen molar-refractivity contribution in [3.63, 3.8) is 0 Å². The molecule has 1 aliphatic rings. The van der Waals surface area contributed by atoms with Gasteiger partial charge in [0.15, 0.2) is 12.2 Å². The van der Waals surface area contributed by atoms with Gasteiger partial charge < -0.3 is 10.2 Å². The zero-order chi connectivity index (χ0) is 19.9. The maximum Gasteiger partial charge on any atom is 0.261 e. The first kappa shape index (κ1) is 23.8. The van der Waals surface area contributed by atoms with Crippen LogP contribution >= 0.6 is 0 Å². The van der Waals surface area contributed by atoms with Gasteiger partial charge in [0.25, 0.3) is 11.8 Å². The highest BCUT2D eigenvalue weighted by atomic mass is 16.4. The zero-order valence-electron chi connectivity index (χ0n) is 17.1. The molecule has 27 heavy (non-hydrogen) atoms. The summed E-state index contributed by atoms with van der Waals surface area (Å²) in [6.07, 6.45) is 18.3. The summed E-state index contributed by atoms with van der Waals surface area (Å²) in [5.41, 5.74) is 0. The summed E-state index contributed by atoms with van der Waals surface area (Å²) in [4.78, 5) is 24.2. The molecular weight excluding hydrogens is 342 g/mol. The quantitative estimate of drug-likeness (QED) is 0.240. The standard InChI is InChI=1S/C22H39NO4/c1-2-3-4-5-6-7-8-9-10-11-12-13-14-15-16-17-18-23-21(26)19(24)20(25)22(23)27/h9-10,19-20,24-25H,2-8,11-18H2,1H3/b10-9-. The summed E-state index contributed by atoms with van der Waals surface area (Å²) in [6.45, 7) is 2.55. The molecule has 0 spiro atoms. The van der Waals surface area contributed by atoms with Crippen LogP contribution < -0.4 is 0 Å². The molecule has 0 aromatic rings. The average molecular weight is 382 g/mol. The molecule has 156 valence electrons. The van der Waals surface area contributed by atoms with E-state index in [-0.39, 0.29) is 0 Å². The first-order valence-electron chi connectivity index (χ1n) is 11.0. The molecule has 0 saturated carbocycles. The van der Waals surface area contributed by atoms with Crippen LogP contribution in [0.1, 0.15) is 96.8 Å². The van der Waals surface area contributed by atoms with Crippen molar-refractivity contribution in [2.45, 2.75) is 109 Å². The van der Waals surface area contributed by atoms with E-state index in [9.17, 15) is 19.8 Å². The maximum absolute atomic E-state index is 11.6. The van der Waals surface area contributed by atoms with Crippen LogP contribution in [0.25, 0.3) is 0 Å². The van der Waals surface area contributed by atoms with Gasteiger partial charge in [-0.25, -0.2) is 0 Å². The largest absolute Gasteiger partial charge is 0.380 e. The van der Waals surface area contributed by atoms with Crippen molar-refractivity contribution in [3.8, 4) is 0 Å². The number of hydrogen-bond donors (Lipinski definition) is 2. The molecule has 5 heteroatoms. The molecule has 0 bridgehead atoms. The van der Waals surface area contributed by atoms with Crippen molar-refractivity contribution < 1.29 is 19.8 Å². The van der Waals surface area contributed by atoms with E-state index >= 15 is 0 Å². The summed E-state index contributed by atoms with van der Waals surface area (Å²) in [5, 5.41) is 18.7. The van der Waals surface area contributed by atoms with Gasteiger partial charge in [-0.1, -0.05) is 76.9 Å². The summed E-state index contributed by atoms with van der Waals surface area (Å²) in [6, 6.07) is 0. The summed E-state index contributed by atoms with van der Waals surface area (Å²) < 4.78 is 0. The predicted molar refractivity (Wildman–Crippen MR) is 108 cm³/mol. The van der Waals surface area contributed by atoms with Crippen molar-refractivity contribution in [2.24, 2.45) is 0 Å². The average Bonchev–Trinajstić information content (AvgIpc) is 2.85. The smallest absolute Gasteiger partial charge is 0.261 e. The third kappa shape index (κ3) is 9.52. The van der Waals surface area contributed by atoms with Crippen molar-refractivity contribution >= 4 is 11.8 Å². The van der Waals surface area contributed by atoms with Gasteiger partial charge in [0.05, 0.1) is 0 Å².